The van der Waals surface area contributed by atoms with E-state index in [9.17, 15) is 28.2 Å². The maximum absolute atomic E-state index is 14.5. The number of carbonyl (C=O) groups is 4. The zero-order valence-corrected chi connectivity index (χ0v) is 41.2. The van der Waals surface area contributed by atoms with Crippen LogP contribution in [0.25, 0.3) is 10.7 Å². The van der Waals surface area contributed by atoms with Crippen LogP contribution in [0.2, 0.25) is 0 Å². The van der Waals surface area contributed by atoms with Crippen LogP contribution in [0.1, 0.15) is 87.5 Å². The van der Waals surface area contributed by atoms with Crippen LogP contribution in [0.15, 0.2) is 17.8 Å². The van der Waals surface area contributed by atoms with Crippen molar-refractivity contribution in [1.82, 2.24) is 34.7 Å². The molecule has 0 bridgehead atoms. The second-order valence-corrected chi connectivity index (χ2v) is 18.8. The number of Topliss-reactive ketones (excluding diaryl/α,β-unsaturated/α-hetero) is 1. The van der Waals surface area contributed by atoms with E-state index >= 15 is 0 Å². The number of halogens is 1. The zero-order chi connectivity index (χ0) is 47.7. The van der Waals surface area contributed by atoms with E-state index in [4.69, 9.17) is 28.4 Å². The first kappa shape index (κ1) is 53.3. The summed E-state index contributed by atoms with van der Waals surface area (Å²) in [5.41, 5.74) is -0.729. The van der Waals surface area contributed by atoms with Crippen LogP contribution in [0.3, 0.4) is 0 Å². The molecule has 362 valence electrons. The molecule has 2 aromatic rings. The Kier molecular flexibility index (Phi) is 19.5. The summed E-state index contributed by atoms with van der Waals surface area (Å²) in [5, 5.41) is 22.7. The number of hydrogen-bond donors (Lipinski definition) is 1. The SMILES string of the molecule is CC[C@H]1OC(=O)[C@H](C)C(=O)[C@H](C)[C@@H](O[C@@H]2OC(C)CC(N(C)C)C2O)C(OC)(OC)C[C@@H](C)CN(C(C)=O)[C@H](C)[C@H]2N(CCCCn3cc(-c4nccs4)nn3)C(=O)O[C@]12C.CSF. The van der Waals surface area contributed by atoms with E-state index in [2.05, 4.69) is 15.3 Å². The molecule has 5 heterocycles. The summed E-state index contributed by atoms with van der Waals surface area (Å²) >= 11 is 1.73. The molecule has 21 heteroatoms. The second-order valence-electron chi connectivity index (χ2n) is 17.6. The van der Waals surface area contributed by atoms with Crippen LogP contribution in [-0.2, 0) is 49.3 Å². The molecule has 3 saturated heterocycles. The van der Waals surface area contributed by atoms with Gasteiger partial charge in [-0.3, -0.25) is 24.0 Å². The minimum Gasteiger partial charge on any atom is -0.458 e. The number of aliphatic hydroxyl groups is 1. The Morgan fingerprint density at radius 1 is 1.11 bits per heavy atom. The Bertz CT molecular complexity index is 1820. The fourth-order valence-electron chi connectivity index (χ4n) is 9.51. The molecule has 0 aliphatic carbocycles. The van der Waals surface area contributed by atoms with E-state index in [1.165, 1.54) is 45.7 Å². The number of cyclic esters (lactones) is 1. The second kappa shape index (κ2) is 23.4. The number of hydrogen-bond acceptors (Lipinski definition) is 17. The molecule has 0 spiro atoms. The summed E-state index contributed by atoms with van der Waals surface area (Å²) in [6.45, 7) is 14.9. The molecule has 18 nitrogen and oxygen atoms in total. The maximum Gasteiger partial charge on any atom is 0.410 e. The number of fused-ring (bicyclic) bond motifs is 1. The first-order chi connectivity index (χ1) is 30.2. The lowest BCUT2D eigenvalue weighted by Crippen LogP contribution is -2.62. The molecule has 5 rings (SSSR count). The Hall–Kier alpha value is -3.31. The van der Waals surface area contributed by atoms with E-state index in [1.807, 2.05) is 58.3 Å². The molecule has 3 unspecified atom stereocenters. The summed E-state index contributed by atoms with van der Waals surface area (Å²) in [6, 6.07) is -1.70. The molecular weight excluding hydrogens is 874 g/mol. The van der Waals surface area contributed by atoms with Gasteiger partial charge in [-0.05, 0) is 73.4 Å². The molecule has 1 N–H and O–H groups in total. The number of esters is 1. The molecule has 0 saturated carbocycles. The minimum atomic E-state index is -1.62. The molecule has 64 heavy (non-hydrogen) atoms. The number of ketones is 1. The van der Waals surface area contributed by atoms with Gasteiger partial charge >= 0.3 is 12.1 Å². The fourth-order valence-corrected chi connectivity index (χ4v) is 10.1. The first-order valence-electron chi connectivity index (χ1n) is 21.9. The normalized spacial score (nSPS) is 32.8. The van der Waals surface area contributed by atoms with E-state index < -0.39 is 77.8 Å². The Morgan fingerprint density at radius 3 is 2.34 bits per heavy atom. The third-order valence-electron chi connectivity index (χ3n) is 12.8. The third kappa shape index (κ3) is 12.0. The van der Waals surface area contributed by atoms with Crippen LogP contribution in [0.5, 0.6) is 0 Å². The van der Waals surface area contributed by atoms with Gasteiger partial charge in [0.05, 0.1) is 24.4 Å². The molecule has 12 atom stereocenters. The molecular formula is C43H70FN7O11S2. The van der Waals surface area contributed by atoms with Gasteiger partial charge in [-0.2, -0.15) is 3.89 Å². The van der Waals surface area contributed by atoms with E-state index in [1.54, 1.807) is 34.5 Å². The van der Waals surface area contributed by atoms with Crippen molar-refractivity contribution in [3.05, 3.63) is 17.8 Å². The van der Waals surface area contributed by atoms with Gasteiger partial charge in [-0.1, -0.05) is 26.0 Å². The van der Waals surface area contributed by atoms with Crippen molar-refractivity contribution in [2.45, 2.75) is 154 Å². The number of unbranched alkanes of at least 4 members (excludes halogenated alkanes) is 1. The monoisotopic (exact) mass is 943 g/mol. The summed E-state index contributed by atoms with van der Waals surface area (Å²) in [7, 11) is 6.63. The largest absolute Gasteiger partial charge is 0.458 e. The quantitative estimate of drug-likeness (QED) is 0.126. The van der Waals surface area contributed by atoms with Crippen LogP contribution >= 0.6 is 23.5 Å². The number of rotatable bonds is 12. The molecule has 3 aliphatic heterocycles. The predicted molar refractivity (Wildman–Crippen MR) is 239 cm³/mol. The van der Waals surface area contributed by atoms with Gasteiger partial charge in [0.15, 0.2) is 23.5 Å². The molecule has 2 amide bonds. The van der Waals surface area contributed by atoms with Crippen molar-refractivity contribution >= 4 is 47.2 Å². The predicted octanol–water partition coefficient (Wildman–Crippen LogP) is 5.24. The van der Waals surface area contributed by atoms with Gasteiger partial charge in [0.25, 0.3) is 0 Å². The Balaban J connectivity index is 0.00000291. The van der Waals surface area contributed by atoms with Gasteiger partial charge < -0.3 is 43.3 Å². The van der Waals surface area contributed by atoms with Crippen LogP contribution < -0.4 is 0 Å². The fraction of sp³-hybridized carbons (Fsp3) is 0.791. The van der Waals surface area contributed by atoms with Gasteiger partial charge in [0.1, 0.15) is 34.9 Å². The number of methoxy groups -OCH3 is 2. The molecule has 2 aromatic heterocycles. The Morgan fingerprint density at radius 2 is 1.77 bits per heavy atom. The van der Waals surface area contributed by atoms with Crippen LogP contribution in [0, 0.1) is 17.8 Å². The van der Waals surface area contributed by atoms with Crippen LogP contribution in [-0.4, -0.2) is 171 Å². The number of likely N-dealkylation sites (N-methyl/N-ethyl adjacent to an activating group) is 1. The van der Waals surface area contributed by atoms with Crippen LogP contribution in [0.4, 0.5) is 8.68 Å². The molecule has 0 aromatic carbocycles. The standard InChI is InChI=1S/C42H67N7O11S.CH3FS/c1-13-32-41(8)35(48(40(54)60-41)18-15-14-17-47-23-30(44-45-47)37-43-16-19-61-37)28(6)49(29(7)50)22-24(2)21-42(55-11,56-12)36(26(4)33(51)27(5)38(53)58-32)59-39-34(52)31(46(9)10)20-25(3)57-39;1-3-2/h16,19,23-28,31-32,34-36,39,52H,13-15,17-18,20-22H2,1-12H3;1H3/t24-,25?,26+,27-,28-,31?,32-,34?,35-,36-,39+,41-;/m1./s1. The topological polar surface area (TPSA) is 197 Å². The van der Waals surface area contributed by atoms with Crippen molar-refractivity contribution in [3.8, 4) is 10.7 Å². The molecule has 3 aliphatic rings. The number of aryl methyl sites for hydroxylation is 1. The number of aromatic nitrogens is 4. The highest BCUT2D eigenvalue weighted by atomic mass is 32.2. The maximum atomic E-state index is 14.5. The third-order valence-corrected chi connectivity index (χ3v) is 13.6. The number of aliphatic hydroxyl groups excluding tert-OH is 1. The van der Waals surface area contributed by atoms with E-state index in [-0.39, 0.29) is 62.0 Å². The van der Waals surface area contributed by atoms with Gasteiger partial charge in [0, 0.05) is 89.1 Å². The molecule has 3 fully saturated rings. The number of amides is 2. The highest BCUT2D eigenvalue weighted by molar-refractivity contribution is 7.93. The summed E-state index contributed by atoms with van der Waals surface area (Å²) in [4.78, 5) is 65.9. The van der Waals surface area contributed by atoms with Crippen molar-refractivity contribution < 1.29 is 56.6 Å². The smallest absolute Gasteiger partial charge is 0.410 e. The number of thiazole rings is 1. The molecule has 0 radical (unpaired) electrons. The lowest BCUT2D eigenvalue weighted by molar-refractivity contribution is -0.341. The van der Waals surface area contributed by atoms with Crippen molar-refractivity contribution in [3.63, 3.8) is 0 Å². The first-order valence-corrected chi connectivity index (χ1v) is 24.0. The number of ether oxygens (including phenoxy) is 6. The minimum absolute atomic E-state index is 0.123. The summed E-state index contributed by atoms with van der Waals surface area (Å²) < 4.78 is 49.6. The lowest BCUT2D eigenvalue weighted by atomic mass is 9.83. The lowest BCUT2D eigenvalue weighted by Gasteiger charge is -2.47. The average Bonchev–Trinajstić information content (AvgIpc) is 4.01. The van der Waals surface area contributed by atoms with Crippen molar-refractivity contribution in [2.75, 3.05) is 47.7 Å². The van der Waals surface area contributed by atoms with Gasteiger partial charge in [-0.25, -0.2) is 9.78 Å². The van der Waals surface area contributed by atoms with Gasteiger partial charge in [-0.15, -0.1) is 16.4 Å². The van der Waals surface area contributed by atoms with Gasteiger partial charge in [0.2, 0.25) is 5.91 Å². The zero-order valence-electron chi connectivity index (χ0n) is 39.6. The van der Waals surface area contributed by atoms with E-state index in [0.29, 0.717) is 31.5 Å². The Labute approximate surface area is 385 Å². The summed E-state index contributed by atoms with van der Waals surface area (Å²) in [6.07, 6.45) is 1.75. The van der Waals surface area contributed by atoms with Crippen molar-refractivity contribution in [2.24, 2.45) is 17.8 Å². The highest BCUT2D eigenvalue weighted by Gasteiger charge is 2.60. The average molecular weight is 944 g/mol. The van der Waals surface area contributed by atoms with E-state index in [0.717, 1.165) is 5.01 Å². The number of carbonyl (C=O) groups excluding carboxylic acids is 4. The highest BCUT2D eigenvalue weighted by Crippen LogP contribution is 2.42. The summed E-state index contributed by atoms with van der Waals surface area (Å²) in [5.74, 6) is -5.86. The van der Waals surface area contributed by atoms with Crippen molar-refractivity contribution in [1.29, 1.82) is 0 Å². The number of nitrogens with zero attached hydrogens (tertiary/aromatic N) is 7.